The fraction of sp³-hybridized carbons (Fsp3) is 1.00. The van der Waals surface area contributed by atoms with Crippen LogP contribution in [0.2, 0.25) is 0 Å². The van der Waals surface area contributed by atoms with Gasteiger partial charge in [-0.1, -0.05) is 49.3 Å². The smallest absolute Gasteiger partial charge is 0.0852 e. The molecule has 2 bridgehead atoms. The topological polar surface area (TPSA) is 9.23 Å². The van der Waals surface area contributed by atoms with Crippen molar-refractivity contribution in [2.45, 2.75) is 58.0 Å². The summed E-state index contributed by atoms with van der Waals surface area (Å²) in [4.78, 5) is 0. The molecule has 0 heterocycles. The van der Waals surface area contributed by atoms with Gasteiger partial charge in [-0.15, -0.1) is 0 Å². The van der Waals surface area contributed by atoms with Gasteiger partial charge in [0.15, 0.2) is 0 Å². The van der Waals surface area contributed by atoms with E-state index in [0.29, 0.717) is 5.41 Å². The minimum Gasteiger partial charge on any atom is -0.373 e. The molecule has 0 amide bonds. The third kappa shape index (κ3) is 1.89. The molecule has 98 valence electrons. The van der Waals surface area contributed by atoms with E-state index in [1.165, 1.54) is 43.0 Å². The quantitative estimate of drug-likeness (QED) is 0.527. The summed E-state index contributed by atoms with van der Waals surface area (Å²) in [6.07, 6.45) is 8.51. The lowest BCUT2D eigenvalue weighted by Gasteiger charge is -2.49. The molecule has 0 aromatic rings. The van der Waals surface area contributed by atoms with Crippen molar-refractivity contribution in [3.63, 3.8) is 0 Å². The highest BCUT2D eigenvalue weighted by molar-refractivity contribution is 14.1. The van der Waals surface area contributed by atoms with Crippen molar-refractivity contribution in [3.8, 4) is 0 Å². The second-order valence-electron chi connectivity index (χ2n) is 7.03. The Hall–Kier alpha value is 0.690. The normalized spacial score (nSPS) is 43.2. The highest BCUT2D eigenvalue weighted by atomic mass is 127. The fourth-order valence-electron chi connectivity index (χ4n) is 4.37. The van der Waals surface area contributed by atoms with Crippen molar-refractivity contribution in [3.05, 3.63) is 0 Å². The highest BCUT2D eigenvalue weighted by Gasteiger charge is 2.63. The fourth-order valence-corrected chi connectivity index (χ4v) is 6.20. The highest BCUT2D eigenvalue weighted by Crippen LogP contribution is 2.63. The zero-order valence-electron chi connectivity index (χ0n) is 11.2. The number of hydrogen-bond donors (Lipinski definition) is 0. The van der Waals surface area contributed by atoms with Crippen LogP contribution in [0.25, 0.3) is 0 Å². The Morgan fingerprint density at radius 2 is 1.82 bits per heavy atom. The molecule has 0 radical (unpaired) electrons. The van der Waals surface area contributed by atoms with Crippen molar-refractivity contribution < 1.29 is 4.74 Å². The summed E-state index contributed by atoms with van der Waals surface area (Å²) in [6, 6.07) is 0. The predicted molar refractivity (Wildman–Crippen MR) is 79.5 cm³/mol. The molecule has 3 aliphatic rings. The van der Waals surface area contributed by atoms with E-state index < -0.39 is 0 Å². The van der Waals surface area contributed by atoms with E-state index in [2.05, 4.69) is 36.4 Å². The van der Waals surface area contributed by atoms with Crippen LogP contribution in [-0.2, 0) is 4.74 Å². The molecular weight excluding hydrogens is 323 g/mol. The van der Waals surface area contributed by atoms with Gasteiger partial charge in [-0.3, -0.25) is 0 Å². The van der Waals surface area contributed by atoms with Crippen LogP contribution in [0.15, 0.2) is 0 Å². The van der Waals surface area contributed by atoms with E-state index in [1.54, 1.807) is 0 Å². The second-order valence-corrected chi connectivity index (χ2v) is 7.80. The number of hydrogen-bond acceptors (Lipinski definition) is 1. The number of rotatable bonds is 5. The van der Waals surface area contributed by atoms with Crippen LogP contribution in [-0.4, -0.2) is 16.6 Å². The van der Waals surface area contributed by atoms with Crippen LogP contribution < -0.4 is 0 Å². The molecule has 3 rings (SSSR count). The van der Waals surface area contributed by atoms with Gasteiger partial charge < -0.3 is 4.74 Å². The Bertz CT molecular complexity index is 297. The standard InChI is InChI=1S/C15H25IO/c1-14(2)12-5-6-13(9-12)15(14,10-16)17-8-7-11-3-4-11/h11-13H,3-10H2,1-2H3. The van der Waals surface area contributed by atoms with Gasteiger partial charge in [-0.05, 0) is 48.9 Å². The van der Waals surface area contributed by atoms with Crippen molar-refractivity contribution >= 4 is 22.6 Å². The van der Waals surface area contributed by atoms with E-state index >= 15 is 0 Å². The molecule has 3 atom stereocenters. The maximum Gasteiger partial charge on any atom is 0.0852 e. The van der Waals surface area contributed by atoms with Crippen molar-refractivity contribution in [1.82, 2.24) is 0 Å². The minimum atomic E-state index is 0.200. The Morgan fingerprint density at radius 3 is 2.35 bits per heavy atom. The Labute approximate surface area is 119 Å². The average Bonchev–Trinajstić information content (AvgIpc) is 2.92. The molecular formula is C15H25IO. The van der Waals surface area contributed by atoms with E-state index in [0.717, 1.165) is 24.4 Å². The van der Waals surface area contributed by atoms with Gasteiger partial charge in [-0.25, -0.2) is 0 Å². The molecule has 3 unspecified atom stereocenters. The van der Waals surface area contributed by atoms with Crippen LogP contribution in [0, 0.1) is 23.2 Å². The first kappa shape index (κ1) is 12.7. The summed E-state index contributed by atoms with van der Waals surface area (Å²) in [7, 11) is 0. The Morgan fingerprint density at radius 1 is 1.12 bits per heavy atom. The second kappa shape index (κ2) is 4.36. The largest absolute Gasteiger partial charge is 0.373 e. The first-order valence-corrected chi connectivity index (χ1v) is 8.82. The van der Waals surface area contributed by atoms with E-state index in [-0.39, 0.29) is 5.60 Å². The molecule has 17 heavy (non-hydrogen) atoms. The maximum atomic E-state index is 6.53. The summed E-state index contributed by atoms with van der Waals surface area (Å²) in [5, 5.41) is 0. The summed E-state index contributed by atoms with van der Waals surface area (Å²) in [5.74, 6) is 2.77. The molecule has 3 saturated carbocycles. The molecule has 0 aromatic heterocycles. The van der Waals surface area contributed by atoms with Crippen LogP contribution in [0.1, 0.15) is 52.4 Å². The van der Waals surface area contributed by atoms with Gasteiger partial charge in [0.25, 0.3) is 0 Å². The van der Waals surface area contributed by atoms with Crippen LogP contribution in [0.4, 0.5) is 0 Å². The predicted octanol–water partition coefficient (Wildman–Crippen LogP) is 4.43. The monoisotopic (exact) mass is 348 g/mol. The molecule has 2 heteroatoms. The molecule has 3 aliphatic carbocycles. The van der Waals surface area contributed by atoms with Gasteiger partial charge in [0.2, 0.25) is 0 Å². The molecule has 0 spiro atoms. The van der Waals surface area contributed by atoms with E-state index in [1.807, 2.05) is 0 Å². The Kier molecular flexibility index (Phi) is 3.26. The minimum absolute atomic E-state index is 0.200. The lowest BCUT2D eigenvalue weighted by atomic mass is 9.66. The number of fused-ring (bicyclic) bond motifs is 2. The van der Waals surface area contributed by atoms with Gasteiger partial charge in [0.05, 0.1) is 5.60 Å². The molecule has 0 N–H and O–H groups in total. The van der Waals surface area contributed by atoms with Gasteiger partial charge in [0.1, 0.15) is 0 Å². The molecule has 1 nitrogen and oxygen atoms in total. The van der Waals surface area contributed by atoms with Crippen molar-refractivity contribution in [2.24, 2.45) is 23.2 Å². The first-order valence-electron chi connectivity index (χ1n) is 7.30. The lowest BCUT2D eigenvalue weighted by Crippen LogP contribution is -2.53. The summed E-state index contributed by atoms with van der Waals surface area (Å²) >= 11 is 2.57. The molecule has 0 saturated heterocycles. The Balaban J connectivity index is 1.70. The zero-order valence-corrected chi connectivity index (χ0v) is 13.3. The SMILES string of the molecule is CC1(C)C2CCC(C2)C1(CI)OCCC1CC1. The molecule has 3 fully saturated rings. The summed E-state index contributed by atoms with van der Waals surface area (Å²) < 4.78 is 7.72. The maximum absolute atomic E-state index is 6.53. The molecule has 0 aliphatic heterocycles. The van der Waals surface area contributed by atoms with Crippen molar-refractivity contribution in [1.29, 1.82) is 0 Å². The van der Waals surface area contributed by atoms with Gasteiger partial charge in [-0.2, -0.15) is 0 Å². The van der Waals surface area contributed by atoms with Crippen molar-refractivity contribution in [2.75, 3.05) is 11.0 Å². The first-order chi connectivity index (χ1) is 8.10. The number of ether oxygens (including phenoxy) is 1. The van der Waals surface area contributed by atoms with Crippen LogP contribution >= 0.6 is 22.6 Å². The molecule has 0 aromatic carbocycles. The number of halogens is 1. The van der Waals surface area contributed by atoms with Gasteiger partial charge >= 0.3 is 0 Å². The zero-order chi connectivity index (χ0) is 12.1. The number of alkyl halides is 1. The third-order valence-corrected chi connectivity index (χ3v) is 7.12. The lowest BCUT2D eigenvalue weighted by molar-refractivity contribution is -0.137. The van der Waals surface area contributed by atoms with Gasteiger partial charge in [0, 0.05) is 11.0 Å². The van der Waals surface area contributed by atoms with E-state index in [4.69, 9.17) is 4.74 Å². The average molecular weight is 348 g/mol. The third-order valence-electron chi connectivity index (χ3n) is 5.98. The van der Waals surface area contributed by atoms with Crippen LogP contribution in [0.3, 0.4) is 0 Å². The van der Waals surface area contributed by atoms with E-state index in [9.17, 15) is 0 Å². The van der Waals surface area contributed by atoms with Crippen LogP contribution in [0.5, 0.6) is 0 Å². The summed E-state index contributed by atoms with van der Waals surface area (Å²) in [5.41, 5.74) is 0.603. The summed E-state index contributed by atoms with van der Waals surface area (Å²) in [6.45, 7) is 5.94.